The quantitative estimate of drug-likeness (QED) is 0.548. The van der Waals surface area contributed by atoms with Crippen LogP contribution in [-0.4, -0.2) is 59.8 Å². The monoisotopic (exact) mass is 417 g/mol. The average Bonchev–Trinajstić information content (AvgIpc) is 2.67. The lowest BCUT2D eigenvalue weighted by atomic mass is 9.92. The normalized spacial score (nSPS) is 19.8. The van der Waals surface area contributed by atoms with Gasteiger partial charge in [-0.1, -0.05) is 37.7 Å². The molecule has 29 heavy (non-hydrogen) atoms. The molecule has 1 amide bonds. The topological polar surface area (TPSA) is 59.6 Å². The number of rotatable bonds is 7. The zero-order chi connectivity index (χ0) is 21.0. The van der Waals surface area contributed by atoms with E-state index in [2.05, 4.69) is 27.9 Å². The third-order valence-corrected chi connectivity index (χ3v) is 6.39. The number of piperidine rings is 1. The lowest BCUT2D eigenvalue weighted by molar-refractivity contribution is -0.858. The Kier molecular flexibility index (Phi) is 7.35. The number of fused-ring (bicyclic) bond motifs is 1. The molecule has 7 heteroatoms. The smallest absolute Gasteiger partial charge is 0.262 e. The fourth-order valence-corrected chi connectivity index (χ4v) is 5.06. The molecule has 0 radical (unpaired) electrons. The number of amides is 1. The molecule has 1 aliphatic rings. The van der Waals surface area contributed by atoms with E-state index in [0.717, 1.165) is 26.1 Å². The lowest BCUT2D eigenvalue weighted by Gasteiger charge is -2.35. The maximum Gasteiger partial charge on any atom is 0.262 e. The molecule has 0 unspecified atom stereocenters. The third-order valence-electron chi connectivity index (χ3n) is 5.43. The van der Waals surface area contributed by atoms with Crippen molar-refractivity contribution >= 4 is 28.6 Å². The van der Waals surface area contributed by atoms with Gasteiger partial charge in [0.05, 0.1) is 37.3 Å². The molecular formula is C22H33N4O2S+. The standard InChI is InChI=1S/C22H32N4O2S/c1-16-12-17(2)14-25(13-16)20(27)15-29-22-23-19-9-6-5-8-18(19)21(28)26(22)11-7-10-24(3)4/h5-6,8-9,16-17H,7,10-15H2,1-4H3/p+1/t16-,17+. The zero-order valence-corrected chi connectivity index (χ0v) is 18.8. The van der Waals surface area contributed by atoms with Crippen molar-refractivity contribution in [3.05, 3.63) is 34.6 Å². The Hall–Kier alpha value is -1.86. The van der Waals surface area contributed by atoms with E-state index in [9.17, 15) is 9.59 Å². The molecular weight excluding hydrogens is 384 g/mol. The molecule has 2 heterocycles. The molecule has 1 aromatic carbocycles. The lowest BCUT2D eigenvalue weighted by Crippen LogP contribution is -3.05. The van der Waals surface area contributed by atoms with Crippen LogP contribution in [0.5, 0.6) is 0 Å². The van der Waals surface area contributed by atoms with Gasteiger partial charge in [0.2, 0.25) is 5.91 Å². The van der Waals surface area contributed by atoms with Crippen LogP contribution in [0.4, 0.5) is 0 Å². The molecule has 3 rings (SSSR count). The summed E-state index contributed by atoms with van der Waals surface area (Å²) in [6.45, 7) is 7.67. The van der Waals surface area contributed by atoms with Gasteiger partial charge in [0.25, 0.3) is 5.56 Å². The van der Waals surface area contributed by atoms with Gasteiger partial charge in [0, 0.05) is 26.1 Å². The molecule has 1 aromatic heterocycles. The second kappa shape index (κ2) is 9.76. The first-order valence-electron chi connectivity index (χ1n) is 10.5. The highest BCUT2D eigenvalue weighted by molar-refractivity contribution is 7.99. The Labute approximate surface area is 177 Å². The number of carbonyl (C=O) groups excluding carboxylic acids is 1. The van der Waals surface area contributed by atoms with Crippen LogP contribution in [0.1, 0.15) is 26.7 Å². The fourth-order valence-electron chi connectivity index (χ4n) is 4.13. The summed E-state index contributed by atoms with van der Waals surface area (Å²) in [4.78, 5) is 33.9. The SMILES string of the molecule is C[C@@H]1C[C@H](C)CN(C(=O)CSc2nc3ccccc3c(=O)n2CCC[NH+](C)C)C1. The zero-order valence-electron chi connectivity index (χ0n) is 18.0. The maximum absolute atomic E-state index is 13.1. The minimum atomic E-state index is -0.0143. The number of quaternary nitrogens is 1. The van der Waals surface area contributed by atoms with E-state index in [1.807, 2.05) is 29.2 Å². The summed E-state index contributed by atoms with van der Waals surface area (Å²) in [6, 6.07) is 7.46. The van der Waals surface area contributed by atoms with Crippen molar-refractivity contribution in [3.8, 4) is 0 Å². The number of carbonyl (C=O) groups is 1. The summed E-state index contributed by atoms with van der Waals surface area (Å²) in [5, 5.41) is 1.29. The summed E-state index contributed by atoms with van der Waals surface area (Å²) in [7, 11) is 4.21. The molecule has 2 aromatic rings. The van der Waals surface area contributed by atoms with Crippen LogP contribution in [-0.2, 0) is 11.3 Å². The van der Waals surface area contributed by atoms with Crippen molar-refractivity contribution < 1.29 is 9.69 Å². The third kappa shape index (κ3) is 5.60. The highest BCUT2D eigenvalue weighted by Crippen LogP contribution is 2.23. The number of thioether (sulfide) groups is 1. The fraction of sp³-hybridized carbons (Fsp3) is 0.591. The molecule has 1 saturated heterocycles. The first-order chi connectivity index (χ1) is 13.8. The van der Waals surface area contributed by atoms with Gasteiger partial charge in [-0.3, -0.25) is 14.2 Å². The molecule has 0 bridgehead atoms. The second-order valence-electron chi connectivity index (χ2n) is 8.71. The van der Waals surface area contributed by atoms with E-state index in [-0.39, 0.29) is 11.5 Å². The van der Waals surface area contributed by atoms with E-state index in [1.54, 1.807) is 4.57 Å². The van der Waals surface area contributed by atoms with E-state index >= 15 is 0 Å². The molecule has 0 spiro atoms. The highest BCUT2D eigenvalue weighted by atomic mass is 32.2. The highest BCUT2D eigenvalue weighted by Gasteiger charge is 2.25. The van der Waals surface area contributed by atoms with Gasteiger partial charge in [-0.05, 0) is 30.4 Å². The van der Waals surface area contributed by atoms with Crippen LogP contribution < -0.4 is 10.5 Å². The molecule has 1 fully saturated rings. The summed E-state index contributed by atoms with van der Waals surface area (Å²) >= 11 is 1.39. The number of para-hydroxylation sites is 1. The Morgan fingerprint density at radius 3 is 2.59 bits per heavy atom. The van der Waals surface area contributed by atoms with E-state index < -0.39 is 0 Å². The first-order valence-corrected chi connectivity index (χ1v) is 11.5. The largest absolute Gasteiger partial charge is 0.341 e. The van der Waals surface area contributed by atoms with E-state index in [0.29, 0.717) is 40.2 Å². The Balaban J connectivity index is 1.79. The van der Waals surface area contributed by atoms with Crippen LogP contribution in [0.25, 0.3) is 10.9 Å². The predicted octanol–water partition coefficient (Wildman–Crippen LogP) is 1.53. The number of hydrogen-bond donors (Lipinski definition) is 1. The van der Waals surface area contributed by atoms with Gasteiger partial charge < -0.3 is 9.80 Å². The molecule has 1 N–H and O–H groups in total. The van der Waals surface area contributed by atoms with Crippen molar-refractivity contribution in [1.82, 2.24) is 14.5 Å². The molecule has 0 aliphatic carbocycles. The second-order valence-corrected chi connectivity index (χ2v) is 9.65. The molecule has 1 aliphatic heterocycles. The van der Waals surface area contributed by atoms with Gasteiger partial charge in [-0.15, -0.1) is 0 Å². The van der Waals surface area contributed by atoms with E-state index in [4.69, 9.17) is 4.98 Å². The van der Waals surface area contributed by atoms with Gasteiger partial charge in [0.1, 0.15) is 0 Å². The van der Waals surface area contributed by atoms with Crippen LogP contribution in [0.15, 0.2) is 34.2 Å². The minimum Gasteiger partial charge on any atom is -0.341 e. The number of benzene rings is 1. The summed E-state index contributed by atoms with van der Waals surface area (Å²) in [6.07, 6.45) is 2.07. The number of aromatic nitrogens is 2. The van der Waals surface area contributed by atoms with Crippen molar-refractivity contribution in [2.24, 2.45) is 11.8 Å². The Morgan fingerprint density at radius 1 is 1.21 bits per heavy atom. The number of likely N-dealkylation sites (tertiary alicyclic amines) is 1. The molecule has 6 nitrogen and oxygen atoms in total. The van der Waals surface area contributed by atoms with Gasteiger partial charge in [-0.2, -0.15) is 0 Å². The number of nitrogens with one attached hydrogen (secondary N) is 1. The summed E-state index contributed by atoms with van der Waals surface area (Å²) in [5.74, 6) is 1.54. The van der Waals surface area contributed by atoms with Gasteiger partial charge in [0.15, 0.2) is 5.16 Å². The van der Waals surface area contributed by atoms with Crippen LogP contribution in [0.3, 0.4) is 0 Å². The van der Waals surface area contributed by atoms with Crippen molar-refractivity contribution in [2.75, 3.05) is 39.5 Å². The van der Waals surface area contributed by atoms with Crippen molar-refractivity contribution in [1.29, 1.82) is 0 Å². The molecule has 0 saturated carbocycles. The number of nitrogens with zero attached hydrogens (tertiary/aromatic N) is 3. The Morgan fingerprint density at radius 2 is 1.90 bits per heavy atom. The van der Waals surface area contributed by atoms with Crippen LogP contribution >= 0.6 is 11.8 Å². The molecule has 158 valence electrons. The maximum atomic E-state index is 13.1. The molecule has 2 atom stereocenters. The van der Waals surface area contributed by atoms with E-state index in [1.165, 1.54) is 23.1 Å². The van der Waals surface area contributed by atoms with Gasteiger partial charge in [-0.25, -0.2) is 4.98 Å². The summed E-state index contributed by atoms with van der Waals surface area (Å²) in [5.41, 5.74) is 0.682. The van der Waals surface area contributed by atoms with Gasteiger partial charge >= 0.3 is 0 Å². The summed E-state index contributed by atoms with van der Waals surface area (Å²) < 4.78 is 1.75. The van der Waals surface area contributed by atoms with Crippen molar-refractivity contribution in [3.63, 3.8) is 0 Å². The average molecular weight is 418 g/mol. The Bertz CT molecular complexity index is 901. The van der Waals surface area contributed by atoms with Crippen LogP contribution in [0.2, 0.25) is 0 Å². The van der Waals surface area contributed by atoms with Crippen molar-refractivity contribution in [2.45, 2.75) is 38.4 Å². The predicted molar refractivity (Wildman–Crippen MR) is 119 cm³/mol. The minimum absolute atomic E-state index is 0.0143. The number of hydrogen-bond acceptors (Lipinski definition) is 4. The first kappa shape index (κ1) is 21.8. The van der Waals surface area contributed by atoms with Crippen LogP contribution in [0, 0.1) is 11.8 Å².